The lowest BCUT2D eigenvalue weighted by Gasteiger charge is -2.19. The summed E-state index contributed by atoms with van der Waals surface area (Å²) in [6.45, 7) is 4.99. The van der Waals surface area contributed by atoms with E-state index < -0.39 is 0 Å². The maximum absolute atomic E-state index is 4.61. The van der Waals surface area contributed by atoms with Gasteiger partial charge in [-0.25, -0.2) is 9.97 Å². The molecule has 0 aliphatic heterocycles. The topological polar surface area (TPSA) is 41.1 Å². The van der Waals surface area contributed by atoms with Crippen LogP contribution in [0.1, 0.15) is 42.8 Å². The smallest absolute Gasteiger partial charge is 0.225 e. The molecule has 0 aliphatic carbocycles. The molecule has 4 nitrogen and oxygen atoms in total. The third-order valence-electron chi connectivity index (χ3n) is 3.60. The minimum Gasteiger partial charge on any atom is -0.347 e. The van der Waals surface area contributed by atoms with Crippen molar-refractivity contribution in [2.24, 2.45) is 0 Å². The summed E-state index contributed by atoms with van der Waals surface area (Å²) in [5.74, 6) is 0.767. The highest BCUT2D eigenvalue weighted by Crippen LogP contribution is 2.19. The molecule has 4 heteroatoms. The van der Waals surface area contributed by atoms with Crippen molar-refractivity contribution in [2.45, 2.75) is 39.3 Å². The molecule has 1 atom stereocenters. The Kier molecular flexibility index (Phi) is 5.90. The summed E-state index contributed by atoms with van der Waals surface area (Å²) in [6, 6.07) is 13.0. The third kappa shape index (κ3) is 4.53. The molecule has 0 spiro atoms. The third-order valence-corrected chi connectivity index (χ3v) is 3.60. The van der Waals surface area contributed by atoms with Crippen LogP contribution in [0.5, 0.6) is 0 Å². The van der Waals surface area contributed by atoms with Gasteiger partial charge in [-0.05, 0) is 25.0 Å². The second-order valence-corrected chi connectivity index (χ2v) is 5.83. The van der Waals surface area contributed by atoms with Crippen LogP contribution < -0.4 is 10.2 Å². The molecule has 0 amide bonds. The Morgan fingerprint density at radius 1 is 1.14 bits per heavy atom. The zero-order chi connectivity index (χ0) is 15.9. The molecule has 2 aromatic rings. The first-order chi connectivity index (χ1) is 10.6. The van der Waals surface area contributed by atoms with E-state index in [1.54, 1.807) is 0 Å². The quantitative estimate of drug-likeness (QED) is 0.849. The fourth-order valence-corrected chi connectivity index (χ4v) is 2.50. The summed E-state index contributed by atoms with van der Waals surface area (Å²) in [5.41, 5.74) is 3.37. The lowest BCUT2D eigenvalue weighted by molar-refractivity contribution is 0.489. The second kappa shape index (κ2) is 7.90. The molecule has 0 saturated carbocycles. The summed E-state index contributed by atoms with van der Waals surface area (Å²) < 4.78 is 0. The van der Waals surface area contributed by atoms with Crippen molar-refractivity contribution < 1.29 is 0 Å². The van der Waals surface area contributed by atoms with E-state index in [9.17, 15) is 0 Å². The minimum atomic E-state index is 0.365. The lowest BCUT2D eigenvalue weighted by Crippen LogP contribution is -2.22. The van der Waals surface area contributed by atoms with E-state index in [0.29, 0.717) is 6.04 Å². The first kappa shape index (κ1) is 16.4. The molecule has 118 valence electrons. The Bertz CT molecular complexity index is 581. The van der Waals surface area contributed by atoms with Gasteiger partial charge in [-0.3, -0.25) is 0 Å². The molecular weight excluding hydrogens is 272 g/mol. The van der Waals surface area contributed by atoms with Crippen LogP contribution in [-0.4, -0.2) is 24.1 Å². The first-order valence-electron chi connectivity index (χ1n) is 7.90. The highest BCUT2D eigenvalue weighted by Gasteiger charge is 2.11. The summed E-state index contributed by atoms with van der Waals surface area (Å²) in [6.07, 6.45) is 2.27. The van der Waals surface area contributed by atoms with Gasteiger partial charge < -0.3 is 10.2 Å². The van der Waals surface area contributed by atoms with Gasteiger partial charge in [0.2, 0.25) is 5.95 Å². The van der Waals surface area contributed by atoms with Crippen LogP contribution in [0.15, 0.2) is 36.4 Å². The van der Waals surface area contributed by atoms with Crippen LogP contribution >= 0.6 is 0 Å². The molecule has 0 saturated heterocycles. The molecule has 0 fully saturated rings. The van der Waals surface area contributed by atoms with Crippen molar-refractivity contribution in [1.82, 2.24) is 15.3 Å². The van der Waals surface area contributed by atoms with Gasteiger partial charge in [-0.2, -0.15) is 0 Å². The predicted octanol–water partition coefficient (Wildman–Crippen LogP) is 3.48. The maximum atomic E-state index is 4.61. The van der Waals surface area contributed by atoms with Gasteiger partial charge in [0, 0.05) is 32.4 Å². The van der Waals surface area contributed by atoms with Crippen molar-refractivity contribution >= 4 is 5.95 Å². The van der Waals surface area contributed by atoms with E-state index >= 15 is 0 Å². The number of nitrogens with zero attached hydrogens (tertiary/aromatic N) is 3. The molecule has 1 N–H and O–H groups in total. The minimum absolute atomic E-state index is 0.365. The Morgan fingerprint density at radius 3 is 2.50 bits per heavy atom. The van der Waals surface area contributed by atoms with Crippen molar-refractivity contribution in [1.29, 1.82) is 0 Å². The van der Waals surface area contributed by atoms with Gasteiger partial charge in [0.05, 0.1) is 5.69 Å². The van der Waals surface area contributed by atoms with Gasteiger partial charge in [0.15, 0.2) is 0 Å². The number of rotatable bonds is 7. The van der Waals surface area contributed by atoms with Crippen LogP contribution in [0.4, 0.5) is 5.95 Å². The predicted molar refractivity (Wildman–Crippen MR) is 92.0 cm³/mol. The number of anilines is 1. The van der Waals surface area contributed by atoms with Crippen molar-refractivity contribution in [3.8, 4) is 0 Å². The number of aromatic nitrogens is 2. The van der Waals surface area contributed by atoms with E-state index in [2.05, 4.69) is 52.5 Å². The number of nitrogens with one attached hydrogen (secondary N) is 1. The summed E-state index contributed by atoms with van der Waals surface area (Å²) in [5, 5.41) is 3.64. The molecule has 22 heavy (non-hydrogen) atoms. The molecular formula is C18H26N4. The van der Waals surface area contributed by atoms with E-state index in [0.717, 1.165) is 36.7 Å². The Hall–Kier alpha value is -1.94. The number of hydrogen-bond donors (Lipinski definition) is 1. The van der Waals surface area contributed by atoms with Gasteiger partial charge in [0.1, 0.15) is 0 Å². The molecule has 1 aromatic heterocycles. The first-order valence-corrected chi connectivity index (χ1v) is 7.90. The second-order valence-electron chi connectivity index (χ2n) is 5.83. The fraction of sp³-hybridized carbons (Fsp3) is 0.444. The maximum Gasteiger partial charge on any atom is 0.225 e. The number of hydrogen-bond acceptors (Lipinski definition) is 4. The average Bonchev–Trinajstić information content (AvgIpc) is 2.51. The van der Waals surface area contributed by atoms with Gasteiger partial charge in [0.25, 0.3) is 0 Å². The highest BCUT2D eigenvalue weighted by atomic mass is 15.2. The number of aryl methyl sites for hydroxylation is 1. The van der Waals surface area contributed by atoms with E-state index in [4.69, 9.17) is 0 Å². The Balaban J connectivity index is 2.09. The Morgan fingerprint density at radius 2 is 1.86 bits per heavy atom. The van der Waals surface area contributed by atoms with Crippen LogP contribution in [0.3, 0.4) is 0 Å². The van der Waals surface area contributed by atoms with Crippen molar-refractivity contribution in [3.63, 3.8) is 0 Å². The van der Waals surface area contributed by atoms with Crippen molar-refractivity contribution in [2.75, 3.05) is 19.0 Å². The largest absolute Gasteiger partial charge is 0.347 e. The SMILES string of the molecule is CCCC(NCc1cc(C)nc(N(C)C)n1)c1ccccc1. The zero-order valence-electron chi connectivity index (χ0n) is 14.0. The summed E-state index contributed by atoms with van der Waals surface area (Å²) in [7, 11) is 3.94. The molecule has 1 aromatic carbocycles. The van der Waals surface area contributed by atoms with E-state index in [-0.39, 0.29) is 0 Å². The molecule has 1 heterocycles. The summed E-state index contributed by atoms with van der Waals surface area (Å²) >= 11 is 0. The average molecular weight is 298 g/mol. The normalized spacial score (nSPS) is 12.2. The van der Waals surface area contributed by atoms with Crippen LogP contribution in [0.2, 0.25) is 0 Å². The molecule has 0 radical (unpaired) electrons. The molecule has 0 aliphatic rings. The summed E-state index contributed by atoms with van der Waals surface area (Å²) in [4.78, 5) is 11.0. The van der Waals surface area contributed by atoms with Gasteiger partial charge in [-0.15, -0.1) is 0 Å². The monoisotopic (exact) mass is 298 g/mol. The standard InChI is InChI=1S/C18H26N4/c1-5-9-17(15-10-7-6-8-11-15)19-13-16-12-14(2)20-18(21-16)22(3)4/h6-8,10-12,17,19H,5,9,13H2,1-4H3. The van der Waals surface area contributed by atoms with E-state index in [1.165, 1.54) is 5.56 Å². The van der Waals surface area contributed by atoms with Crippen molar-refractivity contribution in [3.05, 3.63) is 53.3 Å². The van der Waals surface area contributed by atoms with Gasteiger partial charge in [-0.1, -0.05) is 43.7 Å². The highest BCUT2D eigenvalue weighted by molar-refractivity contribution is 5.30. The van der Waals surface area contributed by atoms with Crippen LogP contribution in [0, 0.1) is 6.92 Å². The Labute approximate surface area is 133 Å². The lowest BCUT2D eigenvalue weighted by atomic mass is 10.0. The number of benzene rings is 1. The molecule has 0 bridgehead atoms. The van der Waals surface area contributed by atoms with Gasteiger partial charge >= 0.3 is 0 Å². The molecule has 1 unspecified atom stereocenters. The van der Waals surface area contributed by atoms with Crippen LogP contribution in [0.25, 0.3) is 0 Å². The van der Waals surface area contributed by atoms with Crippen LogP contribution in [-0.2, 0) is 6.54 Å². The molecule has 2 rings (SSSR count). The fourth-order valence-electron chi connectivity index (χ4n) is 2.50. The zero-order valence-corrected chi connectivity index (χ0v) is 14.0. The van der Waals surface area contributed by atoms with E-state index in [1.807, 2.05) is 32.0 Å².